The van der Waals surface area contributed by atoms with E-state index in [4.69, 9.17) is 11.6 Å². The molecule has 13 heavy (non-hydrogen) atoms. The van der Waals surface area contributed by atoms with Crippen LogP contribution < -0.4 is 0 Å². The van der Waals surface area contributed by atoms with Gasteiger partial charge in [0.05, 0.1) is 0 Å². The highest BCUT2D eigenvalue weighted by Crippen LogP contribution is 2.18. The molecule has 78 valence electrons. The summed E-state index contributed by atoms with van der Waals surface area (Å²) in [5, 5.41) is 0. The fraction of sp³-hybridized carbons (Fsp3) is 1.00. The van der Waals surface area contributed by atoms with Crippen molar-refractivity contribution in [2.45, 2.75) is 33.1 Å². The molecule has 0 aromatic carbocycles. The number of rotatable bonds is 4. The summed E-state index contributed by atoms with van der Waals surface area (Å²) in [6, 6.07) is 0. The van der Waals surface area contributed by atoms with Crippen LogP contribution in [-0.4, -0.2) is 30.4 Å². The molecule has 0 aromatic rings. The SMILES string of the molecule is CCC(C)CN1CCCC(CCl)C1. The van der Waals surface area contributed by atoms with Gasteiger partial charge in [-0.1, -0.05) is 20.3 Å². The summed E-state index contributed by atoms with van der Waals surface area (Å²) in [7, 11) is 0. The summed E-state index contributed by atoms with van der Waals surface area (Å²) < 4.78 is 0. The van der Waals surface area contributed by atoms with Crippen LogP contribution in [0.1, 0.15) is 33.1 Å². The number of likely N-dealkylation sites (tertiary alicyclic amines) is 1. The van der Waals surface area contributed by atoms with Crippen molar-refractivity contribution in [1.82, 2.24) is 4.90 Å². The van der Waals surface area contributed by atoms with Crippen LogP contribution in [-0.2, 0) is 0 Å². The zero-order valence-electron chi connectivity index (χ0n) is 8.93. The molecule has 0 amide bonds. The first-order valence-electron chi connectivity index (χ1n) is 5.54. The maximum atomic E-state index is 5.89. The van der Waals surface area contributed by atoms with Gasteiger partial charge in [-0.25, -0.2) is 0 Å². The number of halogens is 1. The largest absolute Gasteiger partial charge is 0.303 e. The van der Waals surface area contributed by atoms with Crippen molar-refractivity contribution in [3.63, 3.8) is 0 Å². The van der Waals surface area contributed by atoms with E-state index in [2.05, 4.69) is 18.7 Å². The summed E-state index contributed by atoms with van der Waals surface area (Å²) in [5.41, 5.74) is 0. The van der Waals surface area contributed by atoms with Crippen molar-refractivity contribution in [3.05, 3.63) is 0 Å². The molecule has 0 N–H and O–H groups in total. The molecule has 1 heterocycles. The Morgan fingerprint density at radius 2 is 2.31 bits per heavy atom. The second kappa shape index (κ2) is 5.87. The molecule has 0 radical (unpaired) electrons. The molecular weight excluding hydrogens is 182 g/mol. The molecule has 1 nitrogen and oxygen atoms in total. The molecule has 1 aliphatic heterocycles. The molecule has 2 unspecified atom stereocenters. The second-order valence-corrected chi connectivity index (χ2v) is 4.74. The Morgan fingerprint density at radius 1 is 1.54 bits per heavy atom. The van der Waals surface area contributed by atoms with E-state index in [1.54, 1.807) is 0 Å². The van der Waals surface area contributed by atoms with Crippen molar-refractivity contribution in [2.24, 2.45) is 11.8 Å². The number of piperidine rings is 1. The number of hydrogen-bond donors (Lipinski definition) is 0. The summed E-state index contributed by atoms with van der Waals surface area (Å²) in [6.45, 7) is 8.40. The van der Waals surface area contributed by atoms with Gasteiger partial charge in [0, 0.05) is 19.0 Å². The van der Waals surface area contributed by atoms with Crippen molar-refractivity contribution >= 4 is 11.6 Å². The van der Waals surface area contributed by atoms with Crippen LogP contribution in [0.25, 0.3) is 0 Å². The van der Waals surface area contributed by atoms with E-state index in [0.29, 0.717) is 0 Å². The van der Waals surface area contributed by atoms with Crippen molar-refractivity contribution < 1.29 is 0 Å². The van der Waals surface area contributed by atoms with Crippen LogP contribution in [0.15, 0.2) is 0 Å². The zero-order valence-corrected chi connectivity index (χ0v) is 9.69. The van der Waals surface area contributed by atoms with E-state index in [0.717, 1.165) is 17.7 Å². The molecule has 2 atom stereocenters. The van der Waals surface area contributed by atoms with E-state index in [1.807, 2.05) is 0 Å². The normalized spacial score (nSPS) is 27.5. The van der Waals surface area contributed by atoms with Gasteiger partial charge in [0.2, 0.25) is 0 Å². The van der Waals surface area contributed by atoms with Crippen LogP contribution in [0.4, 0.5) is 0 Å². The Bertz CT molecular complexity index is 136. The molecule has 1 saturated heterocycles. The first kappa shape index (κ1) is 11.3. The van der Waals surface area contributed by atoms with Crippen molar-refractivity contribution in [1.29, 1.82) is 0 Å². The molecule has 0 aromatic heterocycles. The van der Waals surface area contributed by atoms with Crippen molar-refractivity contribution in [2.75, 3.05) is 25.5 Å². The molecule has 0 aliphatic carbocycles. The van der Waals surface area contributed by atoms with Crippen molar-refractivity contribution in [3.8, 4) is 0 Å². The highest BCUT2D eigenvalue weighted by molar-refractivity contribution is 6.18. The van der Waals surface area contributed by atoms with Gasteiger partial charge < -0.3 is 4.90 Å². The third kappa shape index (κ3) is 3.86. The molecular formula is C11H22ClN. The van der Waals surface area contributed by atoms with Crippen LogP contribution in [0.2, 0.25) is 0 Å². The van der Waals surface area contributed by atoms with Gasteiger partial charge in [-0.05, 0) is 31.2 Å². The van der Waals surface area contributed by atoms with Crippen LogP contribution in [0.3, 0.4) is 0 Å². The number of nitrogens with zero attached hydrogens (tertiary/aromatic N) is 1. The number of alkyl halides is 1. The van der Waals surface area contributed by atoms with Gasteiger partial charge >= 0.3 is 0 Å². The first-order chi connectivity index (χ1) is 6.26. The van der Waals surface area contributed by atoms with Gasteiger partial charge in [-0.3, -0.25) is 0 Å². The molecule has 0 spiro atoms. The predicted molar refractivity (Wildman–Crippen MR) is 59.3 cm³/mol. The van der Waals surface area contributed by atoms with Gasteiger partial charge in [-0.15, -0.1) is 11.6 Å². The summed E-state index contributed by atoms with van der Waals surface area (Å²) >= 11 is 5.89. The van der Waals surface area contributed by atoms with E-state index in [-0.39, 0.29) is 0 Å². The Hall–Kier alpha value is 0.250. The number of hydrogen-bond acceptors (Lipinski definition) is 1. The van der Waals surface area contributed by atoms with E-state index >= 15 is 0 Å². The fourth-order valence-electron chi connectivity index (χ4n) is 2.01. The van der Waals surface area contributed by atoms with E-state index in [1.165, 1.54) is 38.9 Å². The summed E-state index contributed by atoms with van der Waals surface area (Å²) in [6.07, 6.45) is 3.97. The summed E-state index contributed by atoms with van der Waals surface area (Å²) in [5.74, 6) is 2.44. The average molecular weight is 204 g/mol. The second-order valence-electron chi connectivity index (χ2n) is 4.44. The molecule has 1 fully saturated rings. The lowest BCUT2D eigenvalue weighted by molar-refractivity contribution is 0.163. The lowest BCUT2D eigenvalue weighted by Crippen LogP contribution is -2.38. The van der Waals surface area contributed by atoms with Crippen LogP contribution in [0, 0.1) is 11.8 Å². The van der Waals surface area contributed by atoms with Gasteiger partial charge in [-0.2, -0.15) is 0 Å². The Kier molecular flexibility index (Phi) is 5.12. The first-order valence-corrected chi connectivity index (χ1v) is 6.08. The Morgan fingerprint density at radius 3 is 2.92 bits per heavy atom. The summed E-state index contributed by atoms with van der Waals surface area (Å²) in [4.78, 5) is 2.59. The molecule has 0 bridgehead atoms. The lowest BCUT2D eigenvalue weighted by atomic mass is 9.98. The van der Waals surface area contributed by atoms with Gasteiger partial charge in [0.15, 0.2) is 0 Å². The molecule has 0 saturated carbocycles. The third-order valence-corrected chi connectivity index (χ3v) is 3.52. The highest BCUT2D eigenvalue weighted by atomic mass is 35.5. The molecule has 1 rings (SSSR count). The maximum Gasteiger partial charge on any atom is 0.0263 e. The minimum absolute atomic E-state index is 0.750. The van der Waals surface area contributed by atoms with Gasteiger partial charge in [0.25, 0.3) is 0 Å². The molecule has 1 aliphatic rings. The Labute approximate surface area is 87.4 Å². The van der Waals surface area contributed by atoms with Gasteiger partial charge in [0.1, 0.15) is 0 Å². The highest BCUT2D eigenvalue weighted by Gasteiger charge is 2.19. The topological polar surface area (TPSA) is 3.24 Å². The molecule has 2 heteroatoms. The zero-order chi connectivity index (χ0) is 9.68. The lowest BCUT2D eigenvalue weighted by Gasteiger charge is -2.33. The minimum Gasteiger partial charge on any atom is -0.303 e. The standard InChI is InChI=1S/C11H22ClN/c1-3-10(2)8-13-6-4-5-11(7-12)9-13/h10-11H,3-9H2,1-2H3. The van der Waals surface area contributed by atoms with E-state index in [9.17, 15) is 0 Å². The third-order valence-electron chi connectivity index (χ3n) is 3.09. The van der Waals surface area contributed by atoms with E-state index < -0.39 is 0 Å². The fourth-order valence-corrected chi connectivity index (χ4v) is 2.26. The average Bonchev–Trinajstić information content (AvgIpc) is 2.18. The van der Waals surface area contributed by atoms with Crippen LogP contribution in [0.5, 0.6) is 0 Å². The van der Waals surface area contributed by atoms with Crippen LogP contribution >= 0.6 is 11.6 Å². The minimum atomic E-state index is 0.750. The monoisotopic (exact) mass is 203 g/mol. The smallest absolute Gasteiger partial charge is 0.0263 e. The Balaban J connectivity index is 2.25. The quantitative estimate of drug-likeness (QED) is 0.636. The maximum absolute atomic E-state index is 5.89. The predicted octanol–water partition coefficient (Wildman–Crippen LogP) is 2.98.